The number of halogens is 3. The molecule has 0 spiro atoms. The van der Waals surface area contributed by atoms with E-state index in [1.54, 1.807) is 24.3 Å². The van der Waals surface area contributed by atoms with E-state index in [0.29, 0.717) is 16.4 Å². The minimum atomic E-state index is -0.585. The number of nitrogens with zero attached hydrogens (tertiary/aromatic N) is 1. The Bertz CT molecular complexity index is 885. The van der Waals surface area contributed by atoms with Crippen molar-refractivity contribution in [3.8, 4) is 5.75 Å². The second-order valence-corrected chi connectivity index (χ2v) is 7.09. The van der Waals surface area contributed by atoms with Gasteiger partial charge in [-0.25, -0.2) is 10.2 Å². The van der Waals surface area contributed by atoms with Crippen molar-refractivity contribution in [1.29, 1.82) is 0 Å². The van der Waals surface area contributed by atoms with E-state index in [2.05, 4.69) is 10.5 Å². The molecule has 2 aromatic carbocycles. The third kappa shape index (κ3) is 4.27. The van der Waals surface area contributed by atoms with Crippen molar-refractivity contribution in [2.24, 2.45) is 5.10 Å². The van der Waals surface area contributed by atoms with Crippen molar-refractivity contribution < 1.29 is 14.3 Å². The molecule has 9 heteroatoms. The zero-order valence-electron chi connectivity index (χ0n) is 12.4. The maximum absolute atomic E-state index is 12.2. The number of esters is 1. The third-order valence-electron chi connectivity index (χ3n) is 3.17. The Labute approximate surface area is 162 Å². The summed E-state index contributed by atoms with van der Waals surface area (Å²) in [6, 6.07) is 9.43. The van der Waals surface area contributed by atoms with Gasteiger partial charge in [0, 0.05) is 11.6 Å². The van der Waals surface area contributed by atoms with Crippen LogP contribution in [0.1, 0.15) is 15.9 Å². The second-order valence-electron chi connectivity index (χ2n) is 4.90. The van der Waals surface area contributed by atoms with Crippen LogP contribution in [0.25, 0.3) is 0 Å². The number of carbonyl (C=O) groups is 2. The largest absolute Gasteiger partial charge is 0.421 e. The topological polar surface area (TPSA) is 67.8 Å². The van der Waals surface area contributed by atoms with Gasteiger partial charge in [0.25, 0.3) is 5.91 Å². The van der Waals surface area contributed by atoms with Gasteiger partial charge in [-0.1, -0.05) is 58.7 Å². The number of thioether (sulfide) groups is 1. The highest BCUT2D eigenvalue weighted by molar-refractivity contribution is 8.15. The van der Waals surface area contributed by atoms with Crippen LogP contribution in [0.3, 0.4) is 0 Å². The zero-order valence-corrected chi connectivity index (χ0v) is 15.5. The Morgan fingerprint density at radius 1 is 1.08 bits per heavy atom. The van der Waals surface area contributed by atoms with Crippen molar-refractivity contribution in [2.75, 3.05) is 5.75 Å². The van der Waals surface area contributed by atoms with Gasteiger partial charge < -0.3 is 4.74 Å². The van der Waals surface area contributed by atoms with Gasteiger partial charge in [-0.15, -0.1) is 0 Å². The quantitative estimate of drug-likeness (QED) is 0.458. The fourth-order valence-corrected chi connectivity index (χ4v) is 3.27. The molecule has 1 N–H and O–H groups in total. The number of benzene rings is 2. The van der Waals surface area contributed by atoms with Gasteiger partial charge in [-0.3, -0.25) is 4.79 Å². The monoisotopic (exact) mass is 414 g/mol. The van der Waals surface area contributed by atoms with E-state index in [-0.39, 0.29) is 26.7 Å². The fraction of sp³-hybridized carbons (Fsp3) is 0.0625. The van der Waals surface area contributed by atoms with Crippen LogP contribution in [-0.4, -0.2) is 22.7 Å². The molecule has 0 fully saturated rings. The van der Waals surface area contributed by atoms with Gasteiger partial charge in [0.1, 0.15) is 5.04 Å². The van der Waals surface area contributed by atoms with Crippen molar-refractivity contribution >= 4 is 63.5 Å². The smallest absolute Gasteiger partial charge is 0.343 e. The molecule has 5 nitrogen and oxygen atoms in total. The Hall–Kier alpha value is -1.73. The molecule has 1 amide bonds. The van der Waals surface area contributed by atoms with Crippen LogP contribution in [0.15, 0.2) is 41.5 Å². The average Bonchev–Trinajstić information content (AvgIpc) is 2.60. The molecule has 1 aliphatic rings. The van der Waals surface area contributed by atoms with Crippen molar-refractivity contribution in [3.05, 3.63) is 62.6 Å². The lowest BCUT2D eigenvalue weighted by atomic mass is 10.1. The molecular formula is C16H9Cl3N2O3S. The summed E-state index contributed by atoms with van der Waals surface area (Å²) >= 11 is 19.1. The predicted octanol–water partition coefficient (Wildman–Crippen LogP) is 4.39. The molecule has 0 saturated heterocycles. The van der Waals surface area contributed by atoms with Crippen LogP contribution >= 0.6 is 46.6 Å². The summed E-state index contributed by atoms with van der Waals surface area (Å²) in [5, 5.41) is 5.34. The highest BCUT2D eigenvalue weighted by atomic mass is 35.5. The van der Waals surface area contributed by atoms with Gasteiger partial charge >= 0.3 is 5.97 Å². The van der Waals surface area contributed by atoms with E-state index in [0.717, 1.165) is 5.56 Å². The number of hydrazone groups is 1. The molecule has 0 saturated carbocycles. The summed E-state index contributed by atoms with van der Waals surface area (Å²) in [6.45, 7) is 0. The first-order valence-corrected chi connectivity index (χ1v) is 9.02. The lowest BCUT2D eigenvalue weighted by Crippen LogP contribution is -2.26. The van der Waals surface area contributed by atoms with Crippen LogP contribution in [-0.2, 0) is 4.79 Å². The Morgan fingerprint density at radius 2 is 1.76 bits per heavy atom. The summed E-state index contributed by atoms with van der Waals surface area (Å²) in [5.41, 5.74) is 3.53. The lowest BCUT2D eigenvalue weighted by molar-refractivity contribution is -0.118. The van der Waals surface area contributed by atoms with Gasteiger partial charge in [-0.05, 0) is 18.2 Å². The summed E-state index contributed by atoms with van der Waals surface area (Å²) < 4.78 is 5.26. The molecule has 0 aliphatic carbocycles. The van der Waals surface area contributed by atoms with E-state index in [1.165, 1.54) is 23.9 Å². The van der Waals surface area contributed by atoms with Gasteiger partial charge in [0.2, 0.25) is 0 Å². The standard InChI is InChI=1S/C16H9Cl3N2O3S/c17-10-5-12(19)13(6-11(10)18)24-16(23)9-3-1-8(2-4-9)15-21-20-14(22)7-25-15/h1-6H,7H2,(H,20,22). The molecule has 3 rings (SSSR count). The minimum Gasteiger partial charge on any atom is -0.421 e. The lowest BCUT2D eigenvalue weighted by Gasteiger charge is -2.12. The minimum absolute atomic E-state index is 0.125. The molecular weight excluding hydrogens is 407 g/mol. The fourth-order valence-electron chi connectivity index (χ4n) is 1.95. The van der Waals surface area contributed by atoms with E-state index in [4.69, 9.17) is 39.5 Å². The molecule has 25 heavy (non-hydrogen) atoms. The molecule has 128 valence electrons. The highest BCUT2D eigenvalue weighted by Crippen LogP contribution is 2.34. The van der Waals surface area contributed by atoms with Gasteiger partial charge in [0.15, 0.2) is 5.75 Å². The first-order chi connectivity index (χ1) is 11.9. The van der Waals surface area contributed by atoms with Crippen LogP contribution in [0, 0.1) is 0 Å². The van der Waals surface area contributed by atoms with Crippen molar-refractivity contribution in [1.82, 2.24) is 5.43 Å². The summed E-state index contributed by atoms with van der Waals surface area (Å²) in [6.07, 6.45) is 0. The molecule has 0 radical (unpaired) electrons. The first kappa shape index (κ1) is 18.1. The summed E-state index contributed by atoms with van der Waals surface area (Å²) in [4.78, 5) is 23.3. The van der Waals surface area contributed by atoms with Crippen LogP contribution in [0.5, 0.6) is 5.75 Å². The zero-order chi connectivity index (χ0) is 18.0. The number of hydrogen-bond acceptors (Lipinski definition) is 5. The molecule has 0 unspecified atom stereocenters. The molecule has 1 heterocycles. The number of nitrogens with one attached hydrogen (secondary N) is 1. The first-order valence-electron chi connectivity index (χ1n) is 6.90. The molecule has 0 atom stereocenters. The van der Waals surface area contributed by atoms with Crippen molar-refractivity contribution in [3.63, 3.8) is 0 Å². The molecule has 1 aliphatic heterocycles. The van der Waals surface area contributed by atoms with Crippen LogP contribution in [0.2, 0.25) is 15.1 Å². The number of amides is 1. The van der Waals surface area contributed by atoms with E-state index < -0.39 is 5.97 Å². The van der Waals surface area contributed by atoms with Gasteiger partial charge in [0.05, 0.1) is 26.4 Å². The van der Waals surface area contributed by atoms with Crippen LogP contribution < -0.4 is 10.2 Å². The number of rotatable bonds is 3. The van der Waals surface area contributed by atoms with E-state index >= 15 is 0 Å². The number of carbonyl (C=O) groups excluding carboxylic acids is 2. The molecule has 0 aromatic heterocycles. The highest BCUT2D eigenvalue weighted by Gasteiger charge is 2.16. The molecule has 2 aromatic rings. The summed E-state index contributed by atoms with van der Waals surface area (Å²) in [5.74, 6) is -0.302. The van der Waals surface area contributed by atoms with Crippen LogP contribution in [0.4, 0.5) is 0 Å². The average molecular weight is 416 g/mol. The maximum Gasteiger partial charge on any atom is 0.343 e. The number of ether oxygens (including phenoxy) is 1. The predicted molar refractivity (Wildman–Crippen MR) is 100 cm³/mol. The number of hydrogen-bond donors (Lipinski definition) is 1. The maximum atomic E-state index is 12.2. The van der Waals surface area contributed by atoms with Crippen molar-refractivity contribution in [2.45, 2.75) is 0 Å². The summed E-state index contributed by atoms with van der Waals surface area (Å²) in [7, 11) is 0. The third-order valence-corrected chi connectivity index (χ3v) is 5.19. The second kappa shape index (κ2) is 7.66. The van der Waals surface area contributed by atoms with Gasteiger partial charge in [-0.2, -0.15) is 5.10 Å². The molecule has 0 bridgehead atoms. The van der Waals surface area contributed by atoms with E-state index in [1.807, 2.05) is 0 Å². The Balaban J connectivity index is 1.75. The Morgan fingerprint density at radius 3 is 2.40 bits per heavy atom. The Kier molecular flexibility index (Phi) is 5.54. The SMILES string of the molecule is O=C1CSC(c2ccc(C(=O)Oc3cc(Cl)c(Cl)cc3Cl)cc2)=NN1. The normalized spacial score (nSPS) is 13.9. The van der Waals surface area contributed by atoms with E-state index in [9.17, 15) is 9.59 Å².